The number of aromatic nitrogens is 6. The average molecular weight is 562 g/mol. The second kappa shape index (κ2) is 10.4. The molecule has 1 aromatic carbocycles. The lowest BCUT2D eigenvalue weighted by Gasteiger charge is -2.37. The Morgan fingerprint density at radius 2 is 1.87 bits per heavy atom. The Hall–Kier alpha value is -3.27. The monoisotopic (exact) mass is 561 g/mol. The van der Waals surface area contributed by atoms with Gasteiger partial charge in [0, 0.05) is 32.7 Å². The average Bonchev–Trinajstić information content (AvgIpc) is 3.54. The summed E-state index contributed by atoms with van der Waals surface area (Å²) in [5.41, 5.74) is 1.88. The molecule has 208 valence electrons. The first kappa shape index (κ1) is 26.0. The summed E-state index contributed by atoms with van der Waals surface area (Å²) in [7, 11) is -3.16. The van der Waals surface area contributed by atoms with Crippen LogP contribution in [0.15, 0.2) is 36.9 Å². The fourth-order valence-electron chi connectivity index (χ4n) is 5.28. The predicted molar refractivity (Wildman–Crippen MR) is 140 cm³/mol. The van der Waals surface area contributed by atoms with E-state index in [1.807, 2.05) is 4.68 Å². The standard InChI is InChI=1S/C24H29F2N9O3S/c1-39(36,37)33-10-8-31(9-11-33)7-6-17-14-32(12-13-38-17)34-16-29-20-22(34)27-15-28-23(20)35-19-5-3-2-4-18(19)30-24(35)21(25)26/h2-5,15-17,21H,6-14H2,1H3. The van der Waals surface area contributed by atoms with Crippen LogP contribution in [0.3, 0.4) is 0 Å². The summed E-state index contributed by atoms with van der Waals surface area (Å²) in [6.07, 6.45) is 2.20. The topological polar surface area (TPSA) is 115 Å². The van der Waals surface area contributed by atoms with Crippen LogP contribution < -0.4 is 5.01 Å². The summed E-state index contributed by atoms with van der Waals surface area (Å²) in [4.78, 5) is 19.7. The van der Waals surface area contributed by atoms with E-state index in [0.29, 0.717) is 68.1 Å². The Bertz CT molecular complexity index is 1580. The summed E-state index contributed by atoms with van der Waals surface area (Å²) >= 11 is 0. The summed E-state index contributed by atoms with van der Waals surface area (Å²) in [6.45, 7) is 4.92. The van der Waals surface area contributed by atoms with E-state index in [1.54, 1.807) is 30.6 Å². The van der Waals surface area contributed by atoms with Crippen LogP contribution in [0, 0.1) is 0 Å². The quantitative estimate of drug-likeness (QED) is 0.330. The maximum Gasteiger partial charge on any atom is 0.296 e. The molecule has 4 aromatic rings. The number of morpholine rings is 1. The number of imidazole rings is 2. The van der Waals surface area contributed by atoms with Gasteiger partial charge in [-0.3, -0.25) is 4.57 Å². The Labute approximate surface area is 223 Å². The van der Waals surface area contributed by atoms with Crippen LogP contribution in [0.5, 0.6) is 0 Å². The van der Waals surface area contributed by atoms with Gasteiger partial charge in [-0.1, -0.05) is 12.1 Å². The number of halogens is 2. The fraction of sp³-hybridized carbons (Fsp3) is 0.500. The van der Waals surface area contributed by atoms with Crippen molar-refractivity contribution in [2.24, 2.45) is 0 Å². The van der Waals surface area contributed by atoms with E-state index in [0.717, 1.165) is 13.0 Å². The minimum atomic E-state index is -3.16. The number of ether oxygens (including phenoxy) is 1. The van der Waals surface area contributed by atoms with Crippen LogP contribution in [0.1, 0.15) is 18.7 Å². The molecule has 0 spiro atoms. The number of benzene rings is 1. The predicted octanol–water partition coefficient (Wildman–Crippen LogP) is 1.41. The Kier molecular flexibility index (Phi) is 6.91. The lowest BCUT2D eigenvalue weighted by Crippen LogP contribution is -2.51. The largest absolute Gasteiger partial charge is 0.374 e. The van der Waals surface area contributed by atoms with Crippen molar-refractivity contribution in [2.75, 3.05) is 63.7 Å². The molecule has 0 N–H and O–H groups in total. The third-order valence-corrected chi connectivity index (χ3v) is 8.58. The van der Waals surface area contributed by atoms with Gasteiger partial charge in [0.25, 0.3) is 6.43 Å². The van der Waals surface area contributed by atoms with Crippen molar-refractivity contribution in [3.05, 3.63) is 42.7 Å². The van der Waals surface area contributed by atoms with Crippen LogP contribution in [-0.2, 0) is 14.8 Å². The number of sulfonamides is 1. The first-order valence-electron chi connectivity index (χ1n) is 12.8. The zero-order chi connectivity index (χ0) is 27.1. The van der Waals surface area contributed by atoms with Crippen molar-refractivity contribution in [3.8, 4) is 5.82 Å². The van der Waals surface area contributed by atoms with Crippen molar-refractivity contribution in [1.82, 2.24) is 38.4 Å². The smallest absolute Gasteiger partial charge is 0.296 e. The van der Waals surface area contributed by atoms with Crippen LogP contribution in [0.2, 0.25) is 0 Å². The number of alkyl halides is 2. The molecule has 12 nitrogen and oxygen atoms in total. The van der Waals surface area contributed by atoms with Crippen LogP contribution in [-0.4, -0.2) is 112 Å². The molecule has 5 heterocycles. The number of fused-ring (bicyclic) bond motifs is 2. The van der Waals surface area contributed by atoms with E-state index in [2.05, 4.69) is 29.8 Å². The third kappa shape index (κ3) is 5.06. The molecule has 3 aromatic heterocycles. The van der Waals surface area contributed by atoms with Gasteiger partial charge in [-0.15, -0.1) is 0 Å². The number of hydrogen-bond donors (Lipinski definition) is 0. The molecular formula is C24H29F2N9O3S. The number of rotatable bonds is 7. The first-order chi connectivity index (χ1) is 18.8. The normalized spacial score (nSPS) is 20.0. The van der Waals surface area contributed by atoms with Crippen molar-refractivity contribution in [2.45, 2.75) is 19.0 Å². The molecule has 2 aliphatic heterocycles. The molecule has 1 unspecified atom stereocenters. The van der Waals surface area contributed by atoms with Gasteiger partial charge in [-0.2, -0.15) is 4.31 Å². The Balaban J connectivity index is 1.20. The molecular weight excluding hydrogens is 532 g/mol. The number of hydrogen-bond acceptors (Lipinski definition) is 9. The Morgan fingerprint density at radius 1 is 1.08 bits per heavy atom. The van der Waals surface area contributed by atoms with Gasteiger partial charge in [-0.05, 0) is 18.6 Å². The zero-order valence-electron chi connectivity index (χ0n) is 21.4. The van der Waals surface area contributed by atoms with Crippen molar-refractivity contribution in [3.63, 3.8) is 0 Å². The fourth-order valence-corrected chi connectivity index (χ4v) is 6.11. The van der Waals surface area contributed by atoms with Gasteiger partial charge in [-0.25, -0.2) is 41.8 Å². The molecule has 0 aliphatic carbocycles. The minimum absolute atomic E-state index is 0.0338. The molecule has 0 saturated carbocycles. The lowest BCUT2D eigenvalue weighted by molar-refractivity contribution is 0.0186. The zero-order valence-corrected chi connectivity index (χ0v) is 22.2. The van der Waals surface area contributed by atoms with Crippen molar-refractivity contribution in [1.29, 1.82) is 0 Å². The second-order valence-electron chi connectivity index (χ2n) is 9.75. The van der Waals surface area contributed by atoms with Crippen LogP contribution in [0.25, 0.3) is 28.0 Å². The number of nitrogens with zero attached hydrogens (tertiary/aromatic N) is 9. The Morgan fingerprint density at radius 3 is 2.64 bits per heavy atom. The molecule has 0 amide bonds. The molecule has 1 atom stereocenters. The summed E-state index contributed by atoms with van der Waals surface area (Å²) < 4.78 is 62.2. The molecule has 6 rings (SSSR count). The molecule has 15 heteroatoms. The van der Waals surface area contributed by atoms with Crippen LogP contribution in [0.4, 0.5) is 8.78 Å². The van der Waals surface area contributed by atoms with E-state index in [4.69, 9.17) is 4.74 Å². The van der Waals surface area contributed by atoms with Crippen molar-refractivity contribution >= 4 is 32.2 Å². The SMILES string of the molecule is CS(=O)(=O)N1CCN(CCC2CN(n3cnc4c(-n5c(C(F)F)nc6ccccc65)ncnc43)CCO2)CC1. The molecule has 0 radical (unpaired) electrons. The minimum Gasteiger partial charge on any atom is -0.374 e. The summed E-state index contributed by atoms with van der Waals surface area (Å²) in [5.74, 6) is -0.143. The molecule has 2 fully saturated rings. The highest BCUT2D eigenvalue weighted by Crippen LogP contribution is 2.29. The van der Waals surface area contributed by atoms with E-state index in [-0.39, 0.29) is 11.9 Å². The highest BCUT2D eigenvalue weighted by Gasteiger charge is 2.28. The van der Waals surface area contributed by atoms with Gasteiger partial charge in [0.05, 0.1) is 43.1 Å². The highest BCUT2D eigenvalue weighted by atomic mass is 32.2. The molecule has 2 aliphatic rings. The molecule has 2 saturated heterocycles. The molecule has 39 heavy (non-hydrogen) atoms. The van der Waals surface area contributed by atoms with E-state index >= 15 is 0 Å². The number of piperazine rings is 1. The van der Waals surface area contributed by atoms with E-state index < -0.39 is 22.3 Å². The van der Waals surface area contributed by atoms with Gasteiger partial charge in [0.15, 0.2) is 22.8 Å². The summed E-state index contributed by atoms with van der Waals surface area (Å²) in [6, 6.07) is 6.94. The number of para-hydroxylation sites is 2. The third-order valence-electron chi connectivity index (χ3n) is 7.28. The molecule has 0 bridgehead atoms. The van der Waals surface area contributed by atoms with Gasteiger partial charge in [0.1, 0.15) is 12.7 Å². The van der Waals surface area contributed by atoms with Crippen LogP contribution >= 0.6 is 0 Å². The van der Waals surface area contributed by atoms with Gasteiger partial charge >= 0.3 is 0 Å². The first-order valence-corrected chi connectivity index (χ1v) is 14.6. The van der Waals surface area contributed by atoms with Gasteiger partial charge < -0.3 is 14.6 Å². The van der Waals surface area contributed by atoms with E-state index in [1.165, 1.54) is 21.5 Å². The second-order valence-corrected chi connectivity index (χ2v) is 11.7. The van der Waals surface area contributed by atoms with E-state index in [9.17, 15) is 17.2 Å². The maximum atomic E-state index is 14.0. The highest BCUT2D eigenvalue weighted by molar-refractivity contribution is 7.88. The van der Waals surface area contributed by atoms with Crippen molar-refractivity contribution < 1.29 is 21.9 Å². The summed E-state index contributed by atoms with van der Waals surface area (Å²) in [5, 5.41) is 2.09. The lowest BCUT2D eigenvalue weighted by atomic mass is 10.2. The van der Waals surface area contributed by atoms with Gasteiger partial charge in [0.2, 0.25) is 10.0 Å². The maximum absolute atomic E-state index is 14.0.